The monoisotopic (exact) mass is 390 g/mol. The lowest BCUT2D eigenvalue weighted by Gasteiger charge is -2.34. The molecule has 3 aromatic rings. The summed E-state index contributed by atoms with van der Waals surface area (Å²) >= 11 is 0. The summed E-state index contributed by atoms with van der Waals surface area (Å²) in [4.78, 5) is 6.78. The van der Waals surface area contributed by atoms with Gasteiger partial charge in [0.2, 0.25) is 0 Å². The molecule has 150 valence electrons. The van der Waals surface area contributed by atoms with E-state index in [1.165, 1.54) is 18.5 Å². The number of nitrogens with one attached hydrogen (secondary N) is 1. The summed E-state index contributed by atoms with van der Waals surface area (Å²) in [5, 5.41) is 3.69. The van der Waals surface area contributed by atoms with Gasteiger partial charge in [-0.25, -0.2) is 0 Å². The van der Waals surface area contributed by atoms with Crippen molar-refractivity contribution in [2.24, 2.45) is 0 Å². The van der Waals surface area contributed by atoms with E-state index < -0.39 is 0 Å². The van der Waals surface area contributed by atoms with E-state index in [4.69, 9.17) is 9.47 Å². The highest BCUT2D eigenvalue weighted by Crippen LogP contribution is 2.33. The first kappa shape index (κ1) is 18.1. The molecule has 0 unspecified atom stereocenters. The van der Waals surface area contributed by atoms with Crippen LogP contribution >= 0.6 is 0 Å². The van der Waals surface area contributed by atoms with Crippen molar-refractivity contribution in [3.8, 4) is 17.2 Å². The van der Waals surface area contributed by atoms with E-state index in [1.54, 1.807) is 0 Å². The van der Waals surface area contributed by atoms with Gasteiger partial charge in [0, 0.05) is 49.0 Å². The number of pyridine rings is 1. The van der Waals surface area contributed by atoms with Crippen LogP contribution in [0.2, 0.25) is 0 Å². The number of anilines is 1. The number of nitrogens with zero attached hydrogens (tertiary/aromatic N) is 3. The van der Waals surface area contributed by atoms with Crippen molar-refractivity contribution < 1.29 is 9.47 Å². The van der Waals surface area contributed by atoms with E-state index in [1.807, 2.05) is 24.5 Å². The van der Waals surface area contributed by atoms with Gasteiger partial charge in [-0.1, -0.05) is 0 Å². The van der Waals surface area contributed by atoms with Crippen molar-refractivity contribution in [2.75, 3.05) is 31.6 Å². The Morgan fingerprint density at radius 2 is 2.00 bits per heavy atom. The highest BCUT2D eigenvalue weighted by Gasteiger charge is 2.21. The quantitative estimate of drug-likeness (QED) is 0.720. The Balaban J connectivity index is 1.24. The molecule has 1 fully saturated rings. The van der Waals surface area contributed by atoms with Crippen molar-refractivity contribution >= 4 is 5.69 Å². The summed E-state index contributed by atoms with van der Waals surface area (Å²) in [6.45, 7) is 4.31. The Morgan fingerprint density at radius 1 is 1.07 bits per heavy atom. The van der Waals surface area contributed by atoms with Crippen LogP contribution in [0.3, 0.4) is 0 Å². The zero-order valence-corrected chi connectivity index (χ0v) is 16.5. The average Bonchev–Trinajstić information content (AvgIpc) is 3.23. The topological polar surface area (TPSA) is 51.6 Å². The molecule has 0 bridgehead atoms. The molecular weight excluding hydrogens is 364 g/mol. The zero-order valence-electron chi connectivity index (χ0n) is 16.5. The highest BCUT2D eigenvalue weighted by molar-refractivity contribution is 5.55. The third kappa shape index (κ3) is 4.07. The molecule has 0 saturated carbocycles. The van der Waals surface area contributed by atoms with Crippen molar-refractivity contribution in [1.82, 2.24) is 14.5 Å². The zero-order chi connectivity index (χ0) is 19.5. The molecule has 5 rings (SSSR count). The Labute approximate surface area is 171 Å². The van der Waals surface area contributed by atoms with Gasteiger partial charge in [-0.05, 0) is 55.8 Å². The van der Waals surface area contributed by atoms with E-state index in [2.05, 4.69) is 56.3 Å². The Kier molecular flexibility index (Phi) is 5.09. The molecule has 29 heavy (non-hydrogen) atoms. The molecule has 6 heteroatoms. The van der Waals surface area contributed by atoms with Gasteiger partial charge >= 0.3 is 0 Å². The van der Waals surface area contributed by atoms with Crippen LogP contribution in [0.4, 0.5) is 5.69 Å². The number of piperidine rings is 1. The SMILES string of the molecule is c1cncc(-n2cccc2CN2CCC[C@H](Nc3ccc4c(c3)OCCO4)C2)c1. The van der Waals surface area contributed by atoms with Crippen LogP contribution in [0.1, 0.15) is 18.5 Å². The number of ether oxygens (including phenoxy) is 2. The number of hydrogen-bond acceptors (Lipinski definition) is 5. The maximum Gasteiger partial charge on any atom is 0.163 e. The molecule has 1 N–H and O–H groups in total. The predicted molar refractivity (Wildman–Crippen MR) is 113 cm³/mol. The minimum absolute atomic E-state index is 0.424. The normalized spacial score (nSPS) is 19.1. The van der Waals surface area contributed by atoms with Crippen LogP contribution < -0.4 is 14.8 Å². The second-order valence-corrected chi connectivity index (χ2v) is 7.66. The van der Waals surface area contributed by atoms with Gasteiger partial charge in [0.25, 0.3) is 0 Å². The Bertz CT molecular complexity index is 957. The first-order chi connectivity index (χ1) is 14.3. The van der Waals surface area contributed by atoms with Crippen LogP contribution in [0.25, 0.3) is 5.69 Å². The summed E-state index contributed by atoms with van der Waals surface area (Å²) in [7, 11) is 0. The van der Waals surface area contributed by atoms with Crippen LogP contribution in [0, 0.1) is 0 Å². The molecule has 1 atom stereocenters. The van der Waals surface area contributed by atoms with Gasteiger partial charge in [-0.3, -0.25) is 9.88 Å². The van der Waals surface area contributed by atoms with Gasteiger partial charge in [0.1, 0.15) is 13.2 Å². The smallest absolute Gasteiger partial charge is 0.163 e. The van der Waals surface area contributed by atoms with Gasteiger partial charge in [0.15, 0.2) is 11.5 Å². The third-order valence-electron chi connectivity index (χ3n) is 5.56. The van der Waals surface area contributed by atoms with Crippen LogP contribution in [0.5, 0.6) is 11.5 Å². The molecule has 0 radical (unpaired) electrons. The number of likely N-dealkylation sites (tertiary alicyclic amines) is 1. The third-order valence-corrected chi connectivity index (χ3v) is 5.56. The van der Waals surface area contributed by atoms with Crippen molar-refractivity contribution in [3.63, 3.8) is 0 Å². The summed E-state index contributed by atoms with van der Waals surface area (Å²) in [6, 6.07) is 14.9. The van der Waals surface area contributed by atoms with Crippen LogP contribution in [-0.2, 0) is 6.54 Å². The molecule has 6 nitrogen and oxygen atoms in total. The average molecular weight is 390 g/mol. The fourth-order valence-corrected chi connectivity index (χ4v) is 4.21. The van der Waals surface area contributed by atoms with E-state index >= 15 is 0 Å². The molecule has 1 aromatic carbocycles. The molecule has 2 aliphatic heterocycles. The number of fused-ring (bicyclic) bond motifs is 1. The molecule has 0 amide bonds. The molecule has 0 spiro atoms. The number of hydrogen-bond donors (Lipinski definition) is 1. The fourth-order valence-electron chi connectivity index (χ4n) is 4.21. The van der Waals surface area contributed by atoms with Crippen molar-refractivity contribution in [3.05, 3.63) is 66.7 Å². The lowest BCUT2D eigenvalue weighted by atomic mass is 10.0. The highest BCUT2D eigenvalue weighted by atomic mass is 16.6. The largest absolute Gasteiger partial charge is 0.486 e. The predicted octanol–water partition coefficient (Wildman–Crippen LogP) is 3.72. The second kappa shape index (κ2) is 8.17. The Hall–Kier alpha value is -2.99. The number of rotatable bonds is 5. The molecule has 2 aliphatic rings. The second-order valence-electron chi connectivity index (χ2n) is 7.66. The summed E-state index contributed by atoms with van der Waals surface area (Å²) < 4.78 is 13.6. The van der Waals surface area contributed by atoms with Crippen molar-refractivity contribution in [1.29, 1.82) is 0 Å². The summed E-state index contributed by atoms with van der Waals surface area (Å²) in [6.07, 6.45) is 8.20. The molecule has 0 aliphatic carbocycles. The van der Waals surface area contributed by atoms with E-state index in [9.17, 15) is 0 Å². The lowest BCUT2D eigenvalue weighted by Crippen LogP contribution is -2.41. The van der Waals surface area contributed by atoms with Gasteiger partial charge < -0.3 is 19.4 Å². The van der Waals surface area contributed by atoms with Crippen LogP contribution in [-0.4, -0.2) is 46.8 Å². The maximum absolute atomic E-state index is 5.72. The molecular formula is C23H26N4O2. The van der Waals surface area contributed by atoms with Crippen molar-refractivity contribution in [2.45, 2.75) is 25.4 Å². The minimum atomic E-state index is 0.424. The standard InChI is InChI=1S/C23H26N4O2/c1-5-20(15-24-9-1)27-11-3-6-21(27)17-26-10-2-4-19(16-26)25-18-7-8-22-23(14-18)29-13-12-28-22/h1,3,5-9,11,14-15,19,25H,2,4,10,12-13,16-17H2/t19-/m0/s1. The first-order valence-corrected chi connectivity index (χ1v) is 10.3. The summed E-state index contributed by atoms with van der Waals surface area (Å²) in [5.74, 6) is 1.67. The van der Waals surface area contributed by atoms with E-state index in [0.717, 1.165) is 42.5 Å². The molecule has 1 saturated heterocycles. The lowest BCUT2D eigenvalue weighted by molar-refractivity contribution is 0.171. The van der Waals surface area contributed by atoms with Gasteiger partial charge in [-0.15, -0.1) is 0 Å². The number of benzene rings is 1. The first-order valence-electron chi connectivity index (χ1n) is 10.3. The molecule has 2 aromatic heterocycles. The minimum Gasteiger partial charge on any atom is -0.486 e. The Morgan fingerprint density at radius 3 is 2.90 bits per heavy atom. The van der Waals surface area contributed by atoms with E-state index in [0.29, 0.717) is 19.3 Å². The van der Waals surface area contributed by atoms with E-state index in [-0.39, 0.29) is 0 Å². The maximum atomic E-state index is 5.72. The van der Waals surface area contributed by atoms with Gasteiger partial charge in [0.05, 0.1) is 11.9 Å². The number of aromatic nitrogens is 2. The summed E-state index contributed by atoms with van der Waals surface area (Å²) in [5.41, 5.74) is 3.49. The molecule has 4 heterocycles. The van der Waals surface area contributed by atoms with Crippen LogP contribution in [0.15, 0.2) is 61.1 Å². The van der Waals surface area contributed by atoms with Gasteiger partial charge in [-0.2, -0.15) is 0 Å². The fraction of sp³-hybridized carbons (Fsp3) is 0.348.